The van der Waals surface area contributed by atoms with Crippen molar-refractivity contribution in [1.82, 2.24) is 34.9 Å². The summed E-state index contributed by atoms with van der Waals surface area (Å²) in [5.74, 6) is 2.17. The van der Waals surface area contributed by atoms with Gasteiger partial charge < -0.3 is 5.73 Å². The molecule has 9 aromatic rings. The van der Waals surface area contributed by atoms with Gasteiger partial charge in [0.1, 0.15) is 22.8 Å². The van der Waals surface area contributed by atoms with E-state index in [1.54, 1.807) is 24.8 Å². The minimum atomic E-state index is -0.672. The molecule has 2 aliphatic carbocycles. The third-order valence-electron chi connectivity index (χ3n) is 12.1. The van der Waals surface area contributed by atoms with Crippen LogP contribution in [-0.2, 0) is 5.41 Å². The number of hydrogen-bond donors (Lipinski definition) is 1. The van der Waals surface area contributed by atoms with Gasteiger partial charge >= 0.3 is 0 Å². The molecule has 0 amide bonds. The molecule has 10 heteroatoms. The van der Waals surface area contributed by atoms with Crippen molar-refractivity contribution in [2.24, 2.45) is 15.7 Å². The fraction of sp³-hybridized carbons (Fsp3) is 0.0926. The largest absolute Gasteiger partial charge is 0.382 e. The van der Waals surface area contributed by atoms with Gasteiger partial charge in [0.05, 0.1) is 11.5 Å². The van der Waals surface area contributed by atoms with Gasteiger partial charge in [-0.15, -0.1) is 0 Å². The van der Waals surface area contributed by atoms with Crippen molar-refractivity contribution in [2.75, 3.05) is 0 Å². The Labute approximate surface area is 370 Å². The Morgan fingerprint density at radius 1 is 0.500 bits per heavy atom. The maximum atomic E-state index is 6.55. The van der Waals surface area contributed by atoms with Crippen molar-refractivity contribution < 1.29 is 0 Å². The average molecular weight is 829 g/mol. The fourth-order valence-electron chi connectivity index (χ4n) is 9.19. The van der Waals surface area contributed by atoms with E-state index in [9.17, 15) is 0 Å². The standard InChI is InChI=1S/C54H40N10/c1-32-16-20-37-39-22-18-35(34(3)60-51(46-13-5-9-25-57-46)61-49(55)45-12-4-8-24-56-45)30-43(39)54(41(37)28-32)42-29-33(2)17-21-38(42)40-23-19-36(31-44(40)54)50-62-52(47-14-6-10-26-58-47)64-53(63-50)48-15-7-11-27-59-48/h4-31,34H,1-3H3,(H2,55,60,61). The minimum Gasteiger partial charge on any atom is -0.382 e. The van der Waals surface area contributed by atoms with Gasteiger partial charge in [-0.2, -0.15) is 0 Å². The number of benzene rings is 4. The second kappa shape index (κ2) is 15.5. The summed E-state index contributed by atoms with van der Waals surface area (Å²) in [6.07, 6.45) is 6.93. The lowest BCUT2D eigenvalue weighted by atomic mass is 9.69. The number of hydrogen-bond acceptors (Lipinski definition) is 8. The number of amidine groups is 2. The Hall–Kier alpha value is -8.37. The highest BCUT2D eigenvalue weighted by molar-refractivity contribution is 6.09. The summed E-state index contributed by atoms with van der Waals surface area (Å²) in [4.78, 5) is 43.4. The molecule has 10 nitrogen and oxygen atoms in total. The molecule has 5 heterocycles. The summed E-state index contributed by atoms with van der Waals surface area (Å²) in [6.45, 7) is 6.43. The first-order chi connectivity index (χ1) is 31.3. The van der Waals surface area contributed by atoms with Crippen LogP contribution in [0.1, 0.15) is 63.3 Å². The molecule has 0 saturated carbocycles. The van der Waals surface area contributed by atoms with Crippen molar-refractivity contribution in [3.63, 3.8) is 0 Å². The molecule has 2 aliphatic rings. The average Bonchev–Trinajstić information content (AvgIpc) is 3.80. The lowest BCUT2D eigenvalue weighted by Crippen LogP contribution is -2.26. The van der Waals surface area contributed by atoms with E-state index < -0.39 is 5.41 Å². The first-order valence-electron chi connectivity index (χ1n) is 21.2. The summed E-state index contributed by atoms with van der Waals surface area (Å²) in [5.41, 5.74) is 22.2. The quantitative estimate of drug-likeness (QED) is 0.124. The molecule has 306 valence electrons. The Morgan fingerprint density at radius 2 is 0.984 bits per heavy atom. The number of aliphatic imine (C=N–C) groups is 2. The van der Waals surface area contributed by atoms with Crippen LogP contribution >= 0.6 is 0 Å². The highest BCUT2D eigenvalue weighted by atomic mass is 15.1. The minimum absolute atomic E-state index is 0.263. The van der Waals surface area contributed by atoms with Crippen LogP contribution in [0.15, 0.2) is 180 Å². The van der Waals surface area contributed by atoms with Crippen LogP contribution in [0.3, 0.4) is 0 Å². The Morgan fingerprint density at radius 3 is 1.53 bits per heavy atom. The molecule has 0 aliphatic heterocycles. The molecule has 0 saturated heterocycles. The molecule has 2 N–H and O–H groups in total. The van der Waals surface area contributed by atoms with E-state index in [2.05, 4.69) is 114 Å². The van der Waals surface area contributed by atoms with Gasteiger partial charge in [0.15, 0.2) is 29.1 Å². The molecule has 5 aromatic heterocycles. The molecular formula is C54H40N10. The number of rotatable bonds is 7. The monoisotopic (exact) mass is 828 g/mol. The smallest absolute Gasteiger partial charge is 0.182 e. The lowest BCUT2D eigenvalue weighted by molar-refractivity contribution is 0.775. The first-order valence-corrected chi connectivity index (χ1v) is 21.2. The molecule has 2 unspecified atom stereocenters. The number of nitrogens with zero attached hydrogens (tertiary/aromatic N) is 9. The van der Waals surface area contributed by atoms with E-state index in [0.717, 1.165) is 22.3 Å². The molecule has 0 bridgehead atoms. The van der Waals surface area contributed by atoms with Crippen molar-refractivity contribution in [3.05, 3.63) is 221 Å². The molecular weight excluding hydrogens is 789 g/mol. The van der Waals surface area contributed by atoms with Crippen LogP contribution < -0.4 is 5.73 Å². The van der Waals surface area contributed by atoms with E-state index in [1.165, 1.54) is 44.5 Å². The zero-order valence-corrected chi connectivity index (χ0v) is 35.3. The van der Waals surface area contributed by atoms with Crippen LogP contribution in [0, 0.1) is 13.8 Å². The van der Waals surface area contributed by atoms with Gasteiger partial charge in [-0.05, 0) is 125 Å². The van der Waals surface area contributed by atoms with Gasteiger partial charge in [-0.25, -0.2) is 19.9 Å². The molecule has 2 atom stereocenters. The predicted octanol–water partition coefficient (Wildman–Crippen LogP) is 10.3. The summed E-state index contributed by atoms with van der Waals surface area (Å²) in [5, 5.41) is 0. The van der Waals surface area contributed by atoms with Crippen LogP contribution in [0.4, 0.5) is 0 Å². The van der Waals surface area contributed by atoms with E-state index in [-0.39, 0.29) is 11.9 Å². The Kier molecular flexibility index (Phi) is 9.34. The predicted molar refractivity (Wildman–Crippen MR) is 252 cm³/mol. The SMILES string of the molecule is Cc1ccc2c(c1)C1(c3cc(C)ccc3-c3ccc(C(C)N=C(N=C(N)c4ccccn4)c4ccccn4)cc31)c1cc(-c3nc(-c4ccccn4)nc(-c4ccccn4)n3)ccc1-2. The first kappa shape index (κ1) is 38.5. The molecule has 11 rings (SSSR count). The van der Waals surface area contributed by atoms with Crippen molar-refractivity contribution in [1.29, 1.82) is 0 Å². The van der Waals surface area contributed by atoms with Gasteiger partial charge in [0, 0.05) is 30.4 Å². The van der Waals surface area contributed by atoms with E-state index in [1.807, 2.05) is 72.8 Å². The highest BCUT2D eigenvalue weighted by Gasteiger charge is 2.52. The number of aryl methyl sites for hydroxylation is 2. The second-order valence-electron chi connectivity index (χ2n) is 16.2. The van der Waals surface area contributed by atoms with Crippen LogP contribution in [0.2, 0.25) is 0 Å². The van der Waals surface area contributed by atoms with Crippen LogP contribution in [0.5, 0.6) is 0 Å². The normalized spacial score (nSPS) is 15.4. The van der Waals surface area contributed by atoms with Gasteiger partial charge in [-0.3, -0.25) is 24.9 Å². The van der Waals surface area contributed by atoms with Crippen molar-refractivity contribution >= 4 is 11.7 Å². The van der Waals surface area contributed by atoms with E-state index in [0.29, 0.717) is 46.1 Å². The van der Waals surface area contributed by atoms with E-state index >= 15 is 0 Å². The Balaban J connectivity index is 1.12. The van der Waals surface area contributed by atoms with Gasteiger partial charge in [-0.1, -0.05) is 102 Å². The molecule has 64 heavy (non-hydrogen) atoms. The van der Waals surface area contributed by atoms with Crippen LogP contribution in [-0.4, -0.2) is 46.6 Å². The maximum Gasteiger partial charge on any atom is 0.182 e. The number of nitrogens with two attached hydrogens (primary N) is 1. The van der Waals surface area contributed by atoms with Crippen molar-refractivity contribution in [2.45, 2.75) is 32.2 Å². The van der Waals surface area contributed by atoms with Crippen molar-refractivity contribution in [3.8, 4) is 56.7 Å². The molecule has 1 spiro atoms. The second-order valence-corrected chi connectivity index (χ2v) is 16.2. The zero-order valence-electron chi connectivity index (χ0n) is 35.3. The number of fused-ring (bicyclic) bond motifs is 10. The summed E-state index contributed by atoms with van der Waals surface area (Å²) in [6, 6.07) is 49.5. The number of aromatic nitrogens is 7. The molecule has 0 radical (unpaired) electrons. The summed E-state index contributed by atoms with van der Waals surface area (Å²) >= 11 is 0. The van der Waals surface area contributed by atoms with Crippen LogP contribution in [0.25, 0.3) is 56.7 Å². The topological polar surface area (TPSA) is 141 Å². The van der Waals surface area contributed by atoms with Gasteiger partial charge in [0.2, 0.25) is 0 Å². The maximum absolute atomic E-state index is 6.55. The van der Waals surface area contributed by atoms with E-state index in [4.69, 9.17) is 30.7 Å². The highest BCUT2D eigenvalue weighted by Crippen LogP contribution is 2.63. The zero-order chi connectivity index (χ0) is 43.4. The fourth-order valence-corrected chi connectivity index (χ4v) is 9.19. The third kappa shape index (κ3) is 6.46. The summed E-state index contributed by atoms with van der Waals surface area (Å²) < 4.78 is 0. The third-order valence-corrected chi connectivity index (χ3v) is 12.1. The lowest BCUT2D eigenvalue weighted by Gasteiger charge is -2.31. The molecule has 4 aromatic carbocycles. The summed E-state index contributed by atoms with van der Waals surface area (Å²) in [7, 11) is 0. The van der Waals surface area contributed by atoms with Gasteiger partial charge in [0.25, 0.3) is 0 Å². The molecule has 0 fully saturated rings. The Bertz CT molecular complexity index is 3240. The number of pyridine rings is 4.